The fourth-order valence-corrected chi connectivity index (χ4v) is 1.31. The summed E-state index contributed by atoms with van der Waals surface area (Å²) < 4.78 is 0. The molecule has 1 fully saturated rings. The molecular weight excluding hydrogens is 212 g/mol. The van der Waals surface area contributed by atoms with Crippen LogP contribution in [0.3, 0.4) is 0 Å². The summed E-state index contributed by atoms with van der Waals surface area (Å²) in [5.74, 6) is 0.311. The molecule has 0 unspecified atom stereocenters. The van der Waals surface area contributed by atoms with E-state index >= 15 is 0 Å². The number of piperidine rings is 1. The van der Waals surface area contributed by atoms with Crippen LogP contribution in [-0.4, -0.2) is 66.3 Å². The SMILES string of the molecule is CN(C)C=O.O=C(O)N1CCC(CO)CC1. The van der Waals surface area contributed by atoms with Crippen LogP contribution in [0.15, 0.2) is 0 Å². The minimum Gasteiger partial charge on any atom is -0.465 e. The van der Waals surface area contributed by atoms with E-state index in [0.717, 1.165) is 19.3 Å². The summed E-state index contributed by atoms with van der Waals surface area (Å²) >= 11 is 0. The molecule has 2 N–H and O–H groups in total. The second-order valence-electron chi connectivity index (χ2n) is 3.96. The van der Waals surface area contributed by atoms with Gasteiger partial charge in [-0.2, -0.15) is 0 Å². The first-order valence-corrected chi connectivity index (χ1v) is 5.21. The number of likely N-dealkylation sites (tertiary alicyclic amines) is 1. The zero-order valence-electron chi connectivity index (χ0n) is 9.80. The van der Waals surface area contributed by atoms with Crippen LogP contribution in [0, 0.1) is 5.92 Å². The van der Waals surface area contributed by atoms with E-state index in [4.69, 9.17) is 10.2 Å². The largest absolute Gasteiger partial charge is 0.465 e. The van der Waals surface area contributed by atoms with Crippen molar-refractivity contribution in [1.82, 2.24) is 9.80 Å². The van der Waals surface area contributed by atoms with Crippen LogP contribution in [0.25, 0.3) is 0 Å². The molecule has 1 saturated heterocycles. The Morgan fingerprint density at radius 2 is 1.88 bits per heavy atom. The molecule has 2 amide bonds. The number of aliphatic hydroxyl groups excluding tert-OH is 1. The monoisotopic (exact) mass is 232 g/mol. The maximum atomic E-state index is 10.4. The molecular formula is C10H20N2O4. The average molecular weight is 232 g/mol. The van der Waals surface area contributed by atoms with E-state index < -0.39 is 6.09 Å². The van der Waals surface area contributed by atoms with Crippen molar-refractivity contribution < 1.29 is 19.8 Å². The van der Waals surface area contributed by atoms with Gasteiger partial charge in [-0.15, -0.1) is 0 Å². The predicted molar refractivity (Wildman–Crippen MR) is 59.2 cm³/mol. The number of rotatable bonds is 2. The molecule has 0 aromatic heterocycles. The summed E-state index contributed by atoms with van der Waals surface area (Å²) in [6.45, 7) is 1.33. The minimum absolute atomic E-state index is 0.188. The standard InChI is InChI=1S/C7H13NO3.C3H7NO/c9-5-6-1-3-8(4-2-6)7(10)11;1-4(2)3-5/h6,9H,1-5H2,(H,10,11);3H,1-2H3. The van der Waals surface area contributed by atoms with E-state index in [2.05, 4.69) is 0 Å². The van der Waals surface area contributed by atoms with Gasteiger partial charge in [0.05, 0.1) is 0 Å². The van der Waals surface area contributed by atoms with E-state index in [-0.39, 0.29) is 6.61 Å². The number of hydrogen-bond acceptors (Lipinski definition) is 3. The highest BCUT2D eigenvalue weighted by molar-refractivity contribution is 5.64. The Balaban J connectivity index is 0.000000385. The maximum Gasteiger partial charge on any atom is 0.407 e. The van der Waals surface area contributed by atoms with Crippen molar-refractivity contribution in [2.75, 3.05) is 33.8 Å². The van der Waals surface area contributed by atoms with Crippen molar-refractivity contribution in [3.63, 3.8) is 0 Å². The molecule has 0 spiro atoms. The maximum absolute atomic E-state index is 10.4. The Kier molecular flexibility index (Phi) is 7.28. The lowest BCUT2D eigenvalue weighted by molar-refractivity contribution is -0.115. The molecule has 94 valence electrons. The number of aliphatic hydroxyl groups is 1. The van der Waals surface area contributed by atoms with Crippen molar-refractivity contribution in [2.24, 2.45) is 5.92 Å². The molecule has 0 saturated carbocycles. The molecule has 1 heterocycles. The van der Waals surface area contributed by atoms with Crippen LogP contribution in [0.1, 0.15) is 12.8 Å². The minimum atomic E-state index is -0.846. The van der Waals surface area contributed by atoms with Gasteiger partial charge in [-0.25, -0.2) is 4.79 Å². The van der Waals surface area contributed by atoms with Crippen LogP contribution < -0.4 is 0 Å². The third kappa shape index (κ3) is 6.23. The van der Waals surface area contributed by atoms with E-state index in [0.29, 0.717) is 19.0 Å². The predicted octanol–water partition coefficient (Wildman–Crippen LogP) is 0.0731. The van der Waals surface area contributed by atoms with Crippen LogP contribution in [0.2, 0.25) is 0 Å². The van der Waals surface area contributed by atoms with Gasteiger partial charge in [0.1, 0.15) is 0 Å². The van der Waals surface area contributed by atoms with Crippen LogP contribution in [-0.2, 0) is 4.79 Å². The Morgan fingerprint density at radius 1 is 1.44 bits per heavy atom. The molecule has 1 aliphatic rings. The first-order chi connectivity index (χ1) is 7.51. The van der Waals surface area contributed by atoms with Crippen LogP contribution in [0.5, 0.6) is 0 Å². The van der Waals surface area contributed by atoms with Gasteiger partial charge in [-0.3, -0.25) is 4.79 Å². The van der Waals surface area contributed by atoms with Crippen LogP contribution >= 0.6 is 0 Å². The lowest BCUT2D eigenvalue weighted by Crippen LogP contribution is -2.38. The highest BCUT2D eigenvalue weighted by Crippen LogP contribution is 2.15. The average Bonchev–Trinajstić information content (AvgIpc) is 2.29. The van der Waals surface area contributed by atoms with Crippen molar-refractivity contribution >= 4 is 12.5 Å². The molecule has 16 heavy (non-hydrogen) atoms. The second kappa shape index (κ2) is 7.92. The van der Waals surface area contributed by atoms with Gasteiger partial charge < -0.3 is 20.0 Å². The van der Waals surface area contributed by atoms with Gasteiger partial charge in [0.25, 0.3) is 0 Å². The molecule has 0 bridgehead atoms. The molecule has 0 atom stereocenters. The molecule has 0 aromatic carbocycles. The van der Waals surface area contributed by atoms with E-state index in [1.165, 1.54) is 9.80 Å². The lowest BCUT2D eigenvalue weighted by atomic mass is 9.98. The number of amides is 2. The molecule has 1 aliphatic heterocycles. The van der Waals surface area contributed by atoms with Crippen molar-refractivity contribution in [3.05, 3.63) is 0 Å². The number of carbonyl (C=O) groups is 2. The zero-order valence-corrected chi connectivity index (χ0v) is 9.80. The summed E-state index contributed by atoms with van der Waals surface area (Å²) in [5.41, 5.74) is 0. The van der Waals surface area contributed by atoms with Crippen molar-refractivity contribution in [1.29, 1.82) is 0 Å². The Bertz CT molecular complexity index is 213. The zero-order chi connectivity index (χ0) is 12.6. The summed E-state index contributed by atoms with van der Waals surface area (Å²) in [6, 6.07) is 0. The summed E-state index contributed by atoms with van der Waals surface area (Å²) in [4.78, 5) is 22.7. The number of hydrogen-bond donors (Lipinski definition) is 2. The van der Waals surface area contributed by atoms with Gasteiger partial charge in [-0.1, -0.05) is 0 Å². The summed E-state index contributed by atoms with van der Waals surface area (Å²) in [7, 11) is 3.38. The van der Waals surface area contributed by atoms with Gasteiger partial charge in [0.2, 0.25) is 6.41 Å². The van der Waals surface area contributed by atoms with Crippen molar-refractivity contribution in [3.8, 4) is 0 Å². The summed E-state index contributed by atoms with van der Waals surface area (Å²) in [6.07, 6.45) is 1.49. The number of carbonyl (C=O) groups excluding carboxylic acids is 1. The van der Waals surface area contributed by atoms with Crippen molar-refractivity contribution in [2.45, 2.75) is 12.8 Å². The molecule has 1 rings (SSSR count). The first kappa shape index (κ1) is 14.7. The topological polar surface area (TPSA) is 81.1 Å². The molecule has 6 nitrogen and oxygen atoms in total. The highest BCUT2D eigenvalue weighted by atomic mass is 16.4. The third-order valence-corrected chi connectivity index (χ3v) is 2.35. The quantitative estimate of drug-likeness (QED) is 0.660. The Morgan fingerprint density at radius 3 is 2.12 bits per heavy atom. The first-order valence-electron chi connectivity index (χ1n) is 5.21. The fraction of sp³-hybridized carbons (Fsp3) is 0.800. The van der Waals surface area contributed by atoms with Crippen LogP contribution in [0.4, 0.5) is 4.79 Å². The Hall–Kier alpha value is -1.30. The second-order valence-corrected chi connectivity index (χ2v) is 3.96. The number of carboxylic acid groups (broad SMARTS) is 1. The molecule has 6 heteroatoms. The summed E-state index contributed by atoms with van der Waals surface area (Å²) in [5, 5.41) is 17.3. The highest BCUT2D eigenvalue weighted by Gasteiger charge is 2.21. The van der Waals surface area contributed by atoms with Gasteiger partial charge in [0.15, 0.2) is 0 Å². The molecule has 0 aromatic rings. The van der Waals surface area contributed by atoms with E-state index in [9.17, 15) is 9.59 Å². The van der Waals surface area contributed by atoms with Gasteiger partial charge in [-0.05, 0) is 18.8 Å². The smallest absolute Gasteiger partial charge is 0.407 e. The molecule has 0 radical (unpaired) electrons. The third-order valence-electron chi connectivity index (χ3n) is 2.35. The van der Waals surface area contributed by atoms with E-state index in [1.807, 2.05) is 0 Å². The van der Waals surface area contributed by atoms with E-state index in [1.54, 1.807) is 14.1 Å². The molecule has 0 aliphatic carbocycles. The van der Waals surface area contributed by atoms with Gasteiger partial charge >= 0.3 is 6.09 Å². The van der Waals surface area contributed by atoms with Gasteiger partial charge in [0, 0.05) is 33.8 Å². The number of nitrogens with zero attached hydrogens (tertiary/aromatic N) is 2. The lowest BCUT2D eigenvalue weighted by Gasteiger charge is -2.28. The normalized spacial score (nSPS) is 16.1. The Labute approximate surface area is 95.5 Å². The fourth-order valence-electron chi connectivity index (χ4n) is 1.31.